The summed E-state index contributed by atoms with van der Waals surface area (Å²) < 4.78 is 33.4. The van der Waals surface area contributed by atoms with E-state index in [1.165, 1.54) is 51.4 Å². The summed E-state index contributed by atoms with van der Waals surface area (Å²) in [4.78, 5) is 22.5. The third-order valence-electron chi connectivity index (χ3n) is 8.61. The van der Waals surface area contributed by atoms with Crippen LogP contribution in [-0.2, 0) is 27.9 Å². The Bertz CT molecular complexity index is 1050. The highest BCUT2D eigenvalue weighted by molar-refractivity contribution is 7.47. The van der Waals surface area contributed by atoms with Crippen LogP contribution in [0.5, 0.6) is 0 Å². The zero-order valence-electron chi connectivity index (χ0n) is 34.4. The summed E-state index contributed by atoms with van der Waals surface area (Å²) in [5.41, 5.74) is 5.37. The minimum absolute atomic E-state index is 0.0923. The van der Waals surface area contributed by atoms with E-state index in [2.05, 4.69) is 86.8 Å². The van der Waals surface area contributed by atoms with Gasteiger partial charge in [-0.05, 0) is 83.5 Å². The van der Waals surface area contributed by atoms with E-state index < -0.39 is 13.9 Å². The van der Waals surface area contributed by atoms with Gasteiger partial charge in [0.2, 0.25) is 0 Å². The van der Waals surface area contributed by atoms with Gasteiger partial charge in [-0.25, -0.2) is 4.57 Å². The molecule has 9 heteroatoms. The Hall–Kier alpha value is -2.06. The average molecular weight is 778 g/mol. The molecule has 0 rings (SSSR count). The zero-order valence-corrected chi connectivity index (χ0v) is 35.3. The van der Waals surface area contributed by atoms with Crippen molar-refractivity contribution >= 4 is 13.8 Å². The van der Waals surface area contributed by atoms with Crippen molar-refractivity contribution in [1.29, 1.82) is 0 Å². The van der Waals surface area contributed by atoms with Gasteiger partial charge >= 0.3 is 13.8 Å². The van der Waals surface area contributed by atoms with Crippen LogP contribution in [-0.4, -0.2) is 49.9 Å². The second-order valence-electron chi connectivity index (χ2n) is 13.8. The number of hydrogen-bond donors (Lipinski definition) is 2. The molecular formula is C45H80NO7P. The van der Waals surface area contributed by atoms with Gasteiger partial charge in [-0.1, -0.05) is 151 Å². The lowest BCUT2D eigenvalue weighted by Crippen LogP contribution is -2.28. The Balaban J connectivity index is 4.09. The number of phosphoric ester groups is 1. The summed E-state index contributed by atoms with van der Waals surface area (Å²) in [6.07, 6.45) is 52.0. The second-order valence-corrected chi connectivity index (χ2v) is 15.3. The van der Waals surface area contributed by atoms with Crippen molar-refractivity contribution in [3.05, 3.63) is 72.9 Å². The predicted octanol–water partition coefficient (Wildman–Crippen LogP) is 12.7. The SMILES string of the molecule is CC/C=C\C/C=C\C/C=C\C/C=C\CCCCCCCCCOCC(COP(=O)(O)OCCN)OC(=O)CCCCCCC/C=C\C/C=C\CCCCC. The number of carbonyl (C=O) groups is 1. The van der Waals surface area contributed by atoms with Gasteiger partial charge in [0.1, 0.15) is 6.10 Å². The fourth-order valence-corrected chi connectivity index (χ4v) is 6.25. The van der Waals surface area contributed by atoms with E-state index >= 15 is 0 Å². The van der Waals surface area contributed by atoms with E-state index in [0.717, 1.165) is 96.3 Å². The lowest BCUT2D eigenvalue weighted by atomic mass is 10.1. The van der Waals surface area contributed by atoms with Gasteiger partial charge in [0, 0.05) is 19.6 Å². The van der Waals surface area contributed by atoms with Crippen molar-refractivity contribution in [3.8, 4) is 0 Å². The minimum atomic E-state index is -4.29. The Morgan fingerprint density at radius 1 is 0.574 bits per heavy atom. The third-order valence-corrected chi connectivity index (χ3v) is 9.59. The standard InChI is InChI=1S/C45H80NO7P/c1-3-5-7-9-11-13-15-17-19-20-21-22-23-25-27-29-31-33-35-37-40-50-42-44(43-52-54(48,49)51-41-39-46)53-45(47)38-36-34-32-30-28-26-24-18-16-14-12-10-8-6-4-2/h5,7,11-14,17-19,21-22,24,44H,3-4,6,8-10,15-16,20,23,25-43,46H2,1-2H3,(H,48,49)/b7-5-,13-11-,14-12-,19-17-,22-21-,24-18-. The molecule has 0 aliphatic carbocycles. The molecule has 3 N–H and O–H groups in total. The second kappa shape index (κ2) is 42.1. The maximum Gasteiger partial charge on any atom is 0.472 e. The number of unbranched alkanes of at least 4 members (excludes halogenated alkanes) is 15. The van der Waals surface area contributed by atoms with E-state index in [9.17, 15) is 14.3 Å². The molecular weight excluding hydrogens is 697 g/mol. The highest BCUT2D eigenvalue weighted by atomic mass is 31.2. The Labute approximate surface area is 331 Å². The number of rotatable bonds is 40. The van der Waals surface area contributed by atoms with Gasteiger partial charge < -0.3 is 20.1 Å². The normalized spacial score (nSPS) is 14.2. The molecule has 312 valence electrons. The van der Waals surface area contributed by atoms with Crippen LogP contribution in [0.1, 0.15) is 168 Å². The van der Waals surface area contributed by atoms with Crippen LogP contribution >= 0.6 is 7.82 Å². The first kappa shape index (κ1) is 51.9. The van der Waals surface area contributed by atoms with Gasteiger partial charge in [-0.15, -0.1) is 0 Å². The van der Waals surface area contributed by atoms with E-state index in [-0.39, 0.29) is 32.3 Å². The highest BCUT2D eigenvalue weighted by Crippen LogP contribution is 2.43. The summed E-state index contributed by atoms with van der Waals surface area (Å²) in [6.45, 7) is 4.72. The maximum atomic E-state index is 12.6. The largest absolute Gasteiger partial charge is 0.472 e. The topological polar surface area (TPSA) is 117 Å². The molecule has 54 heavy (non-hydrogen) atoms. The van der Waals surface area contributed by atoms with E-state index in [4.69, 9.17) is 24.3 Å². The molecule has 0 saturated heterocycles. The molecule has 0 heterocycles. The van der Waals surface area contributed by atoms with Crippen LogP contribution in [0, 0.1) is 0 Å². The van der Waals surface area contributed by atoms with Crippen molar-refractivity contribution in [2.24, 2.45) is 5.73 Å². The summed E-state index contributed by atoms with van der Waals surface area (Å²) >= 11 is 0. The maximum absolute atomic E-state index is 12.6. The molecule has 0 fully saturated rings. The fraction of sp³-hybridized carbons (Fsp3) is 0.711. The van der Waals surface area contributed by atoms with Crippen LogP contribution in [0.2, 0.25) is 0 Å². The summed E-state index contributed by atoms with van der Waals surface area (Å²) in [5.74, 6) is -0.351. The lowest BCUT2D eigenvalue weighted by molar-refractivity contribution is -0.154. The van der Waals surface area contributed by atoms with Gasteiger partial charge in [0.15, 0.2) is 0 Å². The zero-order chi connectivity index (χ0) is 39.5. The predicted molar refractivity (Wildman–Crippen MR) is 228 cm³/mol. The van der Waals surface area contributed by atoms with Crippen molar-refractivity contribution < 1.29 is 32.8 Å². The molecule has 2 unspecified atom stereocenters. The molecule has 8 nitrogen and oxygen atoms in total. The van der Waals surface area contributed by atoms with Crippen LogP contribution in [0.3, 0.4) is 0 Å². The van der Waals surface area contributed by atoms with Crippen LogP contribution in [0.4, 0.5) is 0 Å². The monoisotopic (exact) mass is 778 g/mol. The quantitative estimate of drug-likeness (QED) is 0.0273. The number of hydrogen-bond acceptors (Lipinski definition) is 7. The van der Waals surface area contributed by atoms with Gasteiger partial charge in [0.25, 0.3) is 0 Å². The van der Waals surface area contributed by atoms with Crippen molar-refractivity contribution in [1.82, 2.24) is 0 Å². The van der Waals surface area contributed by atoms with E-state index in [1.54, 1.807) is 0 Å². The number of phosphoric acid groups is 1. The van der Waals surface area contributed by atoms with E-state index in [0.29, 0.717) is 13.0 Å². The molecule has 0 aromatic rings. The van der Waals surface area contributed by atoms with Crippen molar-refractivity contribution in [2.75, 3.05) is 33.0 Å². The third kappa shape index (κ3) is 41.1. The first-order chi connectivity index (χ1) is 26.4. The van der Waals surface area contributed by atoms with Crippen LogP contribution < -0.4 is 5.73 Å². The Kier molecular flexibility index (Phi) is 40.5. The molecule has 0 aromatic carbocycles. The highest BCUT2D eigenvalue weighted by Gasteiger charge is 2.25. The molecule has 0 radical (unpaired) electrons. The number of carbonyl (C=O) groups excluding carboxylic acids is 1. The molecule has 0 spiro atoms. The Morgan fingerprint density at radius 2 is 1.04 bits per heavy atom. The smallest absolute Gasteiger partial charge is 0.457 e. The number of ether oxygens (including phenoxy) is 2. The van der Waals surface area contributed by atoms with Gasteiger partial charge in [-0.2, -0.15) is 0 Å². The number of allylic oxidation sites excluding steroid dienone is 12. The summed E-state index contributed by atoms with van der Waals surface area (Å²) in [7, 11) is -4.29. The molecule has 0 aromatic heterocycles. The number of nitrogens with two attached hydrogens (primary N) is 1. The van der Waals surface area contributed by atoms with Crippen molar-refractivity contribution in [3.63, 3.8) is 0 Å². The number of esters is 1. The Morgan fingerprint density at radius 3 is 1.56 bits per heavy atom. The minimum Gasteiger partial charge on any atom is -0.457 e. The van der Waals surface area contributed by atoms with Crippen LogP contribution in [0.25, 0.3) is 0 Å². The average Bonchev–Trinajstić information content (AvgIpc) is 3.16. The first-order valence-corrected chi connectivity index (χ1v) is 22.9. The molecule has 2 atom stereocenters. The molecule has 0 saturated carbocycles. The first-order valence-electron chi connectivity index (χ1n) is 21.4. The molecule has 0 bridgehead atoms. The molecule has 0 aliphatic heterocycles. The fourth-order valence-electron chi connectivity index (χ4n) is 5.49. The summed E-state index contributed by atoms with van der Waals surface area (Å²) in [5, 5.41) is 0. The molecule has 0 amide bonds. The van der Waals surface area contributed by atoms with E-state index in [1.807, 2.05) is 0 Å². The van der Waals surface area contributed by atoms with Crippen molar-refractivity contribution in [2.45, 2.75) is 174 Å². The summed E-state index contributed by atoms with van der Waals surface area (Å²) in [6, 6.07) is 0. The molecule has 0 aliphatic rings. The lowest BCUT2D eigenvalue weighted by Gasteiger charge is -2.20. The van der Waals surface area contributed by atoms with Gasteiger partial charge in [-0.3, -0.25) is 13.8 Å². The van der Waals surface area contributed by atoms with Crippen LogP contribution in [0.15, 0.2) is 72.9 Å². The van der Waals surface area contributed by atoms with Gasteiger partial charge in [0.05, 0.1) is 19.8 Å².